The first-order valence-electron chi connectivity index (χ1n) is 7.60. The minimum Gasteiger partial charge on any atom is -0.444 e. The van der Waals surface area contributed by atoms with Gasteiger partial charge in [-0.2, -0.15) is 0 Å². The first-order valence-corrected chi connectivity index (χ1v) is 8.42. The van der Waals surface area contributed by atoms with Crippen LogP contribution in [0.15, 0.2) is 52.2 Å². The molecule has 2 heterocycles. The van der Waals surface area contributed by atoms with Crippen LogP contribution >= 0.6 is 35.3 Å². The molecule has 6 nitrogen and oxygen atoms in total. The lowest BCUT2D eigenvalue weighted by Gasteiger charge is -2.09. The van der Waals surface area contributed by atoms with Gasteiger partial charge in [-0.1, -0.05) is 18.2 Å². The number of halogens is 1. The number of rotatable bonds is 5. The SMILES string of the molecule is CN=C(NCc1coc(-c2ccccc2)n1)NCc1cnc(C)s1.I. The molecule has 0 aliphatic rings. The third-order valence-corrected chi connectivity index (χ3v) is 4.25. The number of nitrogens with zero attached hydrogens (tertiary/aromatic N) is 3. The molecule has 0 amide bonds. The van der Waals surface area contributed by atoms with Gasteiger partial charge in [0.25, 0.3) is 0 Å². The monoisotopic (exact) mass is 469 g/mol. The Hall–Kier alpha value is -1.94. The lowest BCUT2D eigenvalue weighted by molar-refractivity contribution is 0.572. The van der Waals surface area contributed by atoms with E-state index >= 15 is 0 Å². The van der Waals surface area contributed by atoms with E-state index in [1.165, 1.54) is 4.88 Å². The zero-order valence-electron chi connectivity index (χ0n) is 14.0. The van der Waals surface area contributed by atoms with Crippen LogP contribution in [0, 0.1) is 6.92 Å². The third-order valence-electron chi connectivity index (χ3n) is 3.33. The van der Waals surface area contributed by atoms with Crippen LogP contribution < -0.4 is 10.6 Å². The van der Waals surface area contributed by atoms with Crippen molar-refractivity contribution in [2.75, 3.05) is 7.05 Å². The smallest absolute Gasteiger partial charge is 0.226 e. The van der Waals surface area contributed by atoms with Gasteiger partial charge in [0.15, 0.2) is 5.96 Å². The molecular weight excluding hydrogens is 449 g/mol. The molecule has 132 valence electrons. The molecule has 8 heteroatoms. The van der Waals surface area contributed by atoms with Crippen molar-refractivity contribution in [3.8, 4) is 11.5 Å². The molecule has 3 rings (SSSR count). The summed E-state index contributed by atoms with van der Waals surface area (Å²) in [6.07, 6.45) is 3.54. The van der Waals surface area contributed by atoms with E-state index in [0.717, 1.165) is 16.3 Å². The number of hydrogen-bond donors (Lipinski definition) is 2. The van der Waals surface area contributed by atoms with Crippen LogP contribution in [0.2, 0.25) is 0 Å². The van der Waals surface area contributed by atoms with Crippen molar-refractivity contribution in [2.45, 2.75) is 20.0 Å². The number of benzene rings is 1. The summed E-state index contributed by atoms with van der Waals surface area (Å²) in [6, 6.07) is 9.84. The van der Waals surface area contributed by atoms with Crippen molar-refractivity contribution >= 4 is 41.3 Å². The van der Waals surface area contributed by atoms with E-state index in [9.17, 15) is 0 Å². The zero-order chi connectivity index (χ0) is 16.8. The molecule has 3 aromatic rings. The van der Waals surface area contributed by atoms with E-state index in [1.807, 2.05) is 43.5 Å². The predicted molar refractivity (Wildman–Crippen MR) is 111 cm³/mol. The Morgan fingerprint density at radius 3 is 2.64 bits per heavy atom. The van der Waals surface area contributed by atoms with E-state index in [0.29, 0.717) is 24.9 Å². The van der Waals surface area contributed by atoms with Crippen molar-refractivity contribution in [3.63, 3.8) is 0 Å². The average Bonchev–Trinajstić information content (AvgIpc) is 3.25. The summed E-state index contributed by atoms with van der Waals surface area (Å²) in [7, 11) is 1.74. The highest BCUT2D eigenvalue weighted by atomic mass is 127. The second-order valence-electron chi connectivity index (χ2n) is 5.13. The van der Waals surface area contributed by atoms with Crippen molar-refractivity contribution in [3.05, 3.63) is 58.4 Å². The number of guanidine groups is 1. The fourth-order valence-electron chi connectivity index (χ4n) is 2.15. The molecule has 0 saturated carbocycles. The van der Waals surface area contributed by atoms with E-state index in [1.54, 1.807) is 24.6 Å². The van der Waals surface area contributed by atoms with E-state index in [4.69, 9.17) is 4.42 Å². The van der Waals surface area contributed by atoms with Crippen LogP contribution in [0.4, 0.5) is 0 Å². The molecule has 0 radical (unpaired) electrons. The second kappa shape index (κ2) is 9.52. The Bertz CT molecular complexity index is 815. The van der Waals surface area contributed by atoms with Gasteiger partial charge >= 0.3 is 0 Å². The van der Waals surface area contributed by atoms with Gasteiger partial charge in [0.1, 0.15) is 6.26 Å². The number of aromatic nitrogens is 2. The molecule has 0 aliphatic heterocycles. The van der Waals surface area contributed by atoms with Gasteiger partial charge in [-0.25, -0.2) is 9.97 Å². The van der Waals surface area contributed by atoms with Gasteiger partial charge in [0, 0.05) is 23.7 Å². The Kier molecular flexibility index (Phi) is 7.38. The summed E-state index contributed by atoms with van der Waals surface area (Å²) in [5.74, 6) is 1.33. The largest absolute Gasteiger partial charge is 0.444 e. The fraction of sp³-hybridized carbons (Fsp3) is 0.235. The third kappa shape index (κ3) is 5.53. The molecule has 2 aromatic heterocycles. The van der Waals surface area contributed by atoms with Crippen LogP contribution in [0.25, 0.3) is 11.5 Å². The number of nitrogens with one attached hydrogen (secondary N) is 2. The van der Waals surface area contributed by atoms with Crippen LogP contribution in [0.3, 0.4) is 0 Å². The predicted octanol–water partition coefficient (Wildman–Crippen LogP) is 3.59. The van der Waals surface area contributed by atoms with E-state index in [-0.39, 0.29) is 24.0 Å². The quantitative estimate of drug-likeness (QED) is 0.340. The Balaban J connectivity index is 0.00000225. The molecule has 0 atom stereocenters. The maximum Gasteiger partial charge on any atom is 0.226 e. The van der Waals surface area contributed by atoms with Gasteiger partial charge in [-0.15, -0.1) is 35.3 Å². The molecule has 0 aliphatic carbocycles. The fourth-order valence-corrected chi connectivity index (χ4v) is 2.89. The minimum atomic E-state index is 0. The normalized spacial score (nSPS) is 11.0. The molecule has 1 aromatic carbocycles. The van der Waals surface area contributed by atoms with Crippen molar-refractivity contribution in [1.29, 1.82) is 0 Å². The van der Waals surface area contributed by atoms with Crippen LogP contribution in [-0.2, 0) is 13.1 Å². The Morgan fingerprint density at radius 2 is 1.96 bits per heavy atom. The van der Waals surface area contributed by atoms with Crippen molar-refractivity contribution in [1.82, 2.24) is 20.6 Å². The van der Waals surface area contributed by atoms with E-state index in [2.05, 4.69) is 25.6 Å². The molecule has 2 N–H and O–H groups in total. The maximum absolute atomic E-state index is 5.53. The van der Waals surface area contributed by atoms with Crippen molar-refractivity contribution in [2.24, 2.45) is 4.99 Å². The van der Waals surface area contributed by atoms with Gasteiger partial charge < -0.3 is 15.1 Å². The first kappa shape index (κ1) is 19.4. The van der Waals surface area contributed by atoms with Crippen LogP contribution in [0.1, 0.15) is 15.6 Å². The number of hydrogen-bond acceptors (Lipinski definition) is 5. The standard InChI is InChI=1S/C17H19N5OS.HI/c1-12-19-9-15(24-12)10-21-17(18-2)20-8-14-11-23-16(22-14)13-6-4-3-5-7-13;/h3-7,9,11H,8,10H2,1-2H3,(H2,18,20,21);1H. The Morgan fingerprint density at radius 1 is 1.20 bits per heavy atom. The zero-order valence-corrected chi connectivity index (χ0v) is 17.2. The minimum absolute atomic E-state index is 0. The summed E-state index contributed by atoms with van der Waals surface area (Å²) < 4.78 is 5.53. The Labute approximate surface area is 167 Å². The highest BCUT2D eigenvalue weighted by Crippen LogP contribution is 2.17. The highest BCUT2D eigenvalue weighted by molar-refractivity contribution is 14.0. The van der Waals surface area contributed by atoms with Crippen LogP contribution in [-0.4, -0.2) is 23.0 Å². The molecular formula is C17H20IN5OS. The highest BCUT2D eigenvalue weighted by Gasteiger charge is 2.07. The molecule has 25 heavy (non-hydrogen) atoms. The number of oxazole rings is 1. The summed E-state index contributed by atoms with van der Waals surface area (Å²) in [5.41, 5.74) is 1.79. The maximum atomic E-state index is 5.53. The van der Waals surface area contributed by atoms with Gasteiger partial charge in [0.2, 0.25) is 5.89 Å². The van der Waals surface area contributed by atoms with E-state index < -0.39 is 0 Å². The average molecular weight is 469 g/mol. The topological polar surface area (TPSA) is 75.3 Å². The summed E-state index contributed by atoms with van der Waals surface area (Å²) in [5, 5.41) is 7.55. The van der Waals surface area contributed by atoms with Crippen LogP contribution in [0.5, 0.6) is 0 Å². The molecule has 0 bridgehead atoms. The summed E-state index contributed by atoms with van der Waals surface area (Å²) >= 11 is 1.67. The summed E-state index contributed by atoms with van der Waals surface area (Å²) in [6.45, 7) is 3.23. The molecule has 0 saturated heterocycles. The molecule has 0 fully saturated rings. The molecule has 0 unspecified atom stereocenters. The number of aliphatic imine (C=N–C) groups is 1. The lowest BCUT2D eigenvalue weighted by Crippen LogP contribution is -2.36. The van der Waals surface area contributed by atoms with Gasteiger partial charge in [-0.05, 0) is 19.1 Å². The summed E-state index contributed by atoms with van der Waals surface area (Å²) in [4.78, 5) is 14.1. The number of thiazole rings is 1. The molecule has 0 spiro atoms. The first-order chi connectivity index (χ1) is 11.7. The van der Waals surface area contributed by atoms with Gasteiger partial charge in [0.05, 0.1) is 23.8 Å². The lowest BCUT2D eigenvalue weighted by atomic mass is 10.2. The number of aryl methyl sites for hydroxylation is 1. The van der Waals surface area contributed by atoms with Gasteiger partial charge in [-0.3, -0.25) is 4.99 Å². The second-order valence-corrected chi connectivity index (χ2v) is 6.45. The van der Waals surface area contributed by atoms with Crippen molar-refractivity contribution < 1.29 is 4.42 Å².